The molecule has 1 rings (SSSR count). The quantitative estimate of drug-likeness (QED) is 0.654. The molecule has 0 aliphatic carbocycles. The lowest BCUT2D eigenvalue weighted by Gasteiger charge is -2.02. The third-order valence-corrected chi connectivity index (χ3v) is 2.66. The van der Waals surface area contributed by atoms with E-state index in [4.69, 9.17) is 0 Å². The molecule has 0 amide bonds. The van der Waals surface area contributed by atoms with Gasteiger partial charge in [-0.05, 0) is 13.0 Å². The van der Waals surface area contributed by atoms with Crippen molar-refractivity contribution in [3.63, 3.8) is 0 Å². The zero-order valence-electron chi connectivity index (χ0n) is 10.6. The molecule has 4 heteroatoms. The van der Waals surface area contributed by atoms with Crippen LogP contribution in [0.15, 0.2) is 6.20 Å². The maximum Gasteiger partial charge on any atom is 0.0964 e. The van der Waals surface area contributed by atoms with Crippen LogP contribution in [-0.4, -0.2) is 21.5 Å². The minimum absolute atomic E-state index is 0.836. The molecule has 0 atom stereocenters. The Morgan fingerprint density at radius 2 is 1.94 bits per heavy atom. The number of unbranched alkanes of at least 4 members (excludes halogenated alkanes) is 5. The first-order valence-electron chi connectivity index (χ1n) is 6.39. The number of nitrogens with zero attached hydrogens (tertiary/aromatic N) is 3. The average Bonchev–Trinajstić information content (AvgIpc) is 2.68. The second kappa shape index (κ2) is 8.28. The van der Waals surface area contributed by atoms with Crippen molar-refractivity contribution in [3.05, 3.63) is 11.9 Å². The topological polar surface area (TPSA) is 42.7 Å². The van der Waals surface area contributed by atoms with Crippen molar-refractivity contribution < 1.29 is 0 Å². The predicted molar refractivity (Wildman–Crippen MR) is 66.1 cm³/mol. The molecule has 16 heavy (non-hydrogen) atoms. The van der Waals surface area contributed by atoms with Crippen molar-refractivity contribution in [2.45, 2.75) is 52.0 Å². The van der Waals surface area contributed by atoms with E-state index in [1.165, 1.54) is 38.5 Å². The molecule has 0 radical (unpaired) electrons. The molecule has 1 aromatic rings. The van der Waals surface area contributed by atoms with Crippen LogP contribution in [0, 0.1) is 0 Å². The number of aryl methyl sites for hydroxylation is 1. The van der Waals surface area contributed by atoms with Crippen LogP contribution < -0.4 is 5.32 Å². The summed E-state index contributed by atoms with van der Waals surface area (Å²) in [6, 6.07) is 0. The van der Waals surface area contributed by atoms with Crippen LogP contribution in [0.25, 0.3) is 0 Å². The SMILES string of the molecule is CCCCCCCCNCc1cn(C)nn1. The summed E-state index contributed by atoms with van der Waals surface area (Å²) in [5.41, 5.74) is 1.02. The molecule has 0 saturated heterocycles. The van der Waals surface area contributed by atoms with Crippen molar-refractivity contribution in [1.29, 1.82) is 0 Å². The molecule has 0 aliphatic heterocycles. The Morgan fingerprint density at radius 1 is 1.19 bits per heavy atom. The van der Waals surface area contributed by atoms with Gasteiger partial charge in [-0.25, -0.2) is 0 Å². The third-order valence-electron chi connectivity index (χ3n) is 2.66. The van der Waals surface area contributed by atoms with Gasteiger partial charge in [-0.3, -0.25) is 4.68 Å². The van der Waals surface area contributed by atoms with Crippen molar-refractivity contribution in [2.24, 2.45) is 7.05 Å². The third kappa shape index (κ3) is 5.85. The van der Waals surface area contributed by atoms with Gasteiger partial charge in [-0.2, -0.15) is 0 Å². The Morgan fingerprint density at radius 3 is 2.62 bits per heavy atom. The van der Waals surface area contributed by atoms with Gasteiger partial charge in [-0.1, -0.05) is 44.2 Å². The molecule has 0 spiro atoms. The van der Waals surface area contributed by atoms with Gasteiger partial charge in [0, 0.05) is 19.8 Å². The van der Waals surface area contributed by atoms with Gasteiger partial charge in [0.15, 0.2) is 0 Å². The lowest BCUT2D eigenvalue weighted by atomic mass is 10.1. The summed E-state index contributed by atoms with van der Waals surface area (Å²) in [5.74, 6) is 0. The lowest BCUT2D eigenvalue weighted by molar-refractivity contribution is 0.569. The van der Waals surface area contributed by atoms with Gasteiger partial charge in [0.05, 0.1) is 5.69 Å². The predicted octanol–water partition coefficient (Wildman–Crippen LogP) is 2.27. The van der Waals surface area contributed by atoms with Crippen molar-refractivity contribution in [2.75, 3.05) is 6.54 Å². The maximum absolute atomic E-state index is 4.02. The molecule has 0 bridgehead atoms. The lowest BCUT2D eigenvalue weighted by Crippen LogP contribution is -2.14. The Kier molecular flexibility index (Phi) is 6.81. The average molecular weight is 224 g/mol. The van der Waals surface area contributed by atoms with Crippen molar-refractivity contribution >= 4 is 0 Å². The summed E-state index contributed by atoms with van der Waals surface area (Å²) in [7, 11) is 1.89. The Labute approximate surface area is 98.4 Å². The molecule has 0 fully saturated rings. The second-order valence-electron chi connectivity index (χ2n) is 4.33. The highest BCUT2D eigenvalue weighted by Crippen LogP contribution is 2.04. The fourth-order valence-electron chi connectivity index (χ4n) is 1.72. The molecule has 0 unspecified atom stereocenters. The second-order valence-corrected chi connectivity index (χ2v) is 4.33. The molecule has 1 heterocycles. The standard InChI is InChI=1S/C12H24N4/c1-3-4-5-6-7-8-9-13-10-12-11-16(2)15-14-12/h11,13H,3-10H2,1-2H3. The number of rotatable bonds is 9. The van der Waals surface area contributed by atoms with Gasteiger partial charge in [0.2, 0.25) is 0 Å². The minimum atomic E-state index is 0.836. The first kappa shape index (κ1) is 13.2. The monoisotopic (exact) mass is 224 g/mol. The number of aromatic nitrogens is 3. The summed E-state index contributed by atoms with van der Waals surface area (Å²) >= 11 is 0. The van der Waals surface area contributed by atoms with Crippen LogP contribution in [-0.2, 0) is 13.6 Å². The highest BCUT2D eigenvalue weighted by Gasteiger charge is 1.96. The molecule has 0 aromatic carbocycles. The Hall–Kier alpha value is -0.900. The molecule has 0 aliphatic rings. The van der Waals surface area contributed by atoms with Crippen molar-refractivity contribution in [3.8, 4) is 0 Å². The van der Waals surface area contributed by atoms with E-state index in [2.05, 4.69) is 22.6 Å². The van der Waals surface area contributed by atoms with Crippen LogP contribution in [0.2, 0.25) is 0 Å². The highest BCUT2D eigenvalue weighted by atomic mass is 15.4. The molecular formula is C12H24N4. The van der Waals surface area contributed by atoms with Crippen LogP contribution >= 0.6 is 0 Å². The molecule has 1 N–H and O–H groups in total. The van der Waals surface area contributed by atoms with Crippen molar-refractivity contribution in [1.82, 2.24) is 20.3 Å². The summed E-state index contributed by atoms with van der Waals surface area (Å²) in [6.07, 6.45) is 10.0. The molecule has 0 saturated carbocycles. The van der Waals surface area contributed by atoms with Crippen LogP contribution in [0.1, 0.15) is 51.1 Å². The van der Waals surface area contributed by atoms with E-state index in [0.717, 1.165) is 18.8 Å². The molecular weight excluding hydrogens is 200 g/mol. The number of hydrogen-bond donors (Lipinski definition) is 1. The van der Waals surface area contributed by atoms with E-state index in [-0.39, 0.29) is 0 Å². The first-order valence-corrected chi connectivity index (χ1v) is 6.39. The highest BCUT2D eigenvalue weighted by molar-refractivity contribution is 4.90. The van der Waals surface area contributed by atoms with Gasteiger partial charge >= 0.3 is 0 Å². The summed E-state index contributed by atoms with van der Waals surface area (Å²) in [4.78, 5) is 0. The first-order chi connectivity index (χ1) is 7.83. The fraction of sp³-hybridized carbons (Fsp3) is 0.833. The summed E-state index contributed by atoms with van der Waals surface area (Å²) in [5, 5.41) is 11.3. The summed E-state index contributed by atoms with van der Waals surface area (Å²) < 4.78 is 1.74. The van der Waals surface area contributed by atoms with Crippen LogP contribution in [0.5, 0.6) is 0 Å². The molecule has 1 aromatic heterocycles. The van der Waals surface area contributed by atoms with Crippen LogP contribution in [0.4, 0.5) is 0 Å². The smallest absolute Gasteiger partial charge is 0.0964 e. The largest absolute Gasteiger partial charge is 0.311 e. The van der Waals surface area contributed by atoms with E-state index in [1.54, 1.807) is 4.68 Å². The Bertz CT molecular complexity index is 270. The van der Waals surface area contributed by atoms with E-state index < -0.39 is 0 Å². The zero-order chi connectivity index (χ0) is 11.6. The van der Waals surface area contributed by atoms with Gasteiger partial charge in [0.1, 0.15) is 0 Å². The summed E-state index contributed by atoms with van der Waals surface area (Å²) in [6.45, 7) is 4.17. The van der Waals surface area contributed by atoms with Gasteiger partial charge in [0.25, 0.3) is 0 Å². The Balaban J connectivity index is 1.88. The van der Waals surface area contributed by atoms with E-state index >= 15 is 0 Å². The van der Waals surface area contributed by atoms with Gasteiger partial charge < -0.3 is 5.32 Å². The minimum Gasteiger partial charge on any atom is -0.311 e. The number of hydrogen-bond acceptors (Lipinski definition) is 3. The number of nitrogens with one attached hydrogen (secondary N) is 1. The fourth-order valence-corrected chi connectivity index (χ4v) is 1.72. The maximum atomic E-state index is 4.02. The normalized spacial score (nSPS) is 10.9. The zero-order valence-corrected chi connectivity index (χ0v) is 10.6. The van der Waals surface area contributed by atoms with E-state index in [0.29, 0.717) is 0 Å². The van der Waals surface area contributed by atoms with Gasteiger partial charge in [-0.15, -0.1) is 5.10 Å². The molecule has 92 valence electrons. The van der Waals surface area contributed by atoms with E-state index in [9.17, 15) is 0 Å². The van der Waals surface area contributed by atoms with E-state index in [1.807, 2.05) is 13.2 Å². The molecule has 4 nitrogen and oxygen atoms in total. The van der Waals surface area contributed by atoms with Crippen LogP contribution in [0.3, 0.4) is 0 Å².